The molecule has 4 nitrogen and oxygen atoms in total. The smallest absolute Gasteiger partial charge is 0.267 e. The lowest BCUT2D eigenvalue weighted by atomic mass is 10.3. The Morgan fingerprint density at radius 1 is 1.57 bits per heavy atom. The Kier molecular flexibility index (Phi) is 4.00. The standard InChI is InChI=1S/C9H15N3OS/c1-4-5-6-12(3)9(13)8-7(2)10-11-14-8/h4-6H2,1-3H3. The van der Waals surface area contributed by atoms with Crippen LogP contribution in [0.2, 0.25) is 0 Å². The third kappa shape index (κ3) is 2.51. The second kappa shape index (κ2) is 5.05. The van der Waals surface area contributed by atoms with E-state index in [4.69, 9.17) is 0 Å². The van der Waals surface area contributed by atoms with Crippen LogP contribution in [0.25, 0.3) is 0 Å². The fraction of sp³-hybridized carbons (Fsp3) is 0.667. The number of aryl methyl sites for hydroxylation is 1. The lowest BCUT2D eigenvalue weighted by Crippen LogP contribution is -2.27. The molecule has 0 aliphatic heterocycles. The Morgan fingerprint density at radius 3 is 2.79 bits per heavy atom. The number of carbonyl (C=O) groups is 1. The summed E-state index contributed by atoms with van der Waals surface area (Å²) in [6.07, 6.45) is 2.13. The van der Waals surface area contributed by atoms with Crippen molar-refractivity contribution in [2.24, 2.45) is 0 Å². The molecule has 0 atom stereocenters. The maximum atomic E-state index is 11.8. The van der Waals surface area contributed by atoms with Gasteiger partial charge in [0.1, 0.15) is 4.88 Å². The van der Waals surface area contributed by atoms with E-state index >= 15 is 0 Å². The first-order chi connectivity index (χ1) is 6.66. The molecule has 1 aromatic rings. The van der Waals surface area contributed by atoms with E-state index in [-0.39, 0.29) is 5.91 Å². The molecule has 0 unspecified atom stereocenters. The first kappa shape index (κ1) is 11.1. The lowest BCUT2D eigenvalue weighted by molar-refractivity contribution is 0.0797. The van der Waals surface area contributed by atoms with Crippen molar-refractivity contribution >= 4 is 17.4 Å². The predicted octanol–water partition coefficient (Wildman–Crippen LogP) is 1.72. The summed E-state index contributed by atoms with van der Waals surface area (Å²) in [4.78, 5) is 14.2. The first-order valence-electron chi connectivity index (χ1n) is 4.71. The van der Waals surface area contributed by atoms with Crippen molar-refractivity contribution in [3.05, 3.63) is 10.6 Å². The normalized spacial score (nSPS) is 10.2. The van der Waals surface area contributed by atoms with Crippen LogP contribution in [0.5, 0.6) is 0 Å². The van der Waals surface area contributed by atoms with E-state index in [9.17, 15) is 4.79 Å². The minimum atomic E-state index is 0.0333. The minimum absolute atomic E-state index is 0.0333. The Hall–Kier alpha value is -0.970. The van der Waals surface area contributed by atoms with E-state index in [1.54, 1.807) is 4.90 Å². The Balaban J connectivity index is 2.61. The molecule has 0 aromatic carbocycles. The van der Waals surface area contributed by atoms with E-state index in [1.165, 1.54) is 11.5 Å². The Labute approximate surface area is 88.1 Å². The Morgan fingerprint density at radius 2 is 2.29 bits per heavy atom. The van der Waals surface area contributed by atoms with Gasteiger partial charge in [-0.05, 0) is 24.9 Å². The van der Waals surface area contributed by atoms with E-state index in [2.05, 4.69) is 16.5 Å². The third-order valence-electron chi connectivity index (χ3n) is 2.04. The number of aromatic nitrogens is 2. The van der Waals surface area contributed by atoms with Gasteiger partial charge < -0.3 is 4.90 Å². The average molecular weight is 213 g/mol. The number of amides is 1. The van der Waals surface area contributed by atoms with E-state index in [1.807, 2.05) is 14.0 Å². The zero-order valence-electron chi connectivity index (χ0n) is 8.78. The SMILES string of the molecule is CCCCN(C)C(=O)c1snnc1C. The quantitative estimate of drug-likeness (QED) is 0.765. The first-order valence-corrected chi connectivity index (χ1v) is 5.48. The number of hydrogen-bond acceptors (Lipinski definition) is 4. The highest BCUT2D eigenvalue weighted by atomic mass is 32.1. The fourth-order valence-corrected chi connectivity index (χ4v) is 1.75. The predicted molar refractivity (Wildman–Crippen MR) is 56.5 cm³/mol. The number of nitrogens with zero attached hydrogens (tertiary/aromatic N) is 3. The highest BCUT2D eigenvalue weighted by Crippen LogP contribution is 2.11. The average Bonchev–Trinajstić information content (AvgIpc) is 2.59. The van der Waals surface area contributed by atoms with Gasteiger partial charge in [0.2, 0.25) is 0 Å². The molecular weight excluding hydrogens is 198 g/mol. The summed E-state index contributed by atoms with van der Waals surface area (Å²) in [6, 6.07) is 0. The topological polar surface area (TPSA) is 46.1 Å². The summed E-state index contributed by atoms with van der Waals surface area (Å²) in [5.74, 6) is 0.0333. The van der Waals surface area contributed by atoms with Crippen LogP contribution in [0.15, 0.2) is 0 Å². The molecule has 0 N–H and O–H groups in total. The van der Waals surface area contributed by atoms with E-state index < -0.39 is 0 Å². The van der Waals surface area contributed by atoms with Gasteiger partial charge in [0.05, 0.1) is 5.69 Å². The molecule has 1 amide bonds. The molecule has 0 radical (unpaired) electrons. The highest BCUT2D eigenvalue weighted by molar-refractivity contribution is 7.07. The molecule has 0 spiro atoms. The Bertz CT molecular complexity index is 311. The zero-order valence-corrected chi connectivity index (χ0v) is 9.60. The molecule has 14 heavy (non-hydrogen) atoms. The van der Waals surface area contributed by atoms with Crippen LogP contribution in [-0.2, 0) is 0 Å². The van der Waals surface area contributed by atoms with Crippen molar-refractivity contribution in [3.8, 4) is 0 Å². The van der Waals surface area contributed by atoms with Gasteiger partial charge in [0.25, 0.3) is 5.91 Å². The number of hydrogen-bond donors (Lipinski definition) is 0. The van der Waals surface area contributed by atoms with Gasteiger partial charge in [-0.25, -0.2) is 0 Å². The molecule has 78 valence electrons. The molecule has 0 aliphatic rings. The molecule has 0 saturated heterocycles. The van der Waals surface area contributed by atoms with Crippen molar-refractivity contribution in [2.75, 3.05) is 13.6 Å². The van der Waals surface area contributed by atoms with Crippen LogP contribution in [0.4, 0.5) is 0 Å². The summed E-state index contributed by atoms with van der Waals surface area (Å²) < 4.78 is 3.75. The third-order valence-corrected chi connectivity index (χ3v) is 2.86. The molecule has 0 fully saturated rings. The van der Waals surface area contributed by atoms with Crippen molar-refractivity contribution in [3.63, 3.8) is 0 Å². The number of rotatable bonds is 4. The largest absolute Gasteiger partial charge is 0.341 e. The highest BCUT2D eigenvalue weighted by Gasteiger charge is 2.16. The van der Waals surface area contributed by atoms with Crippen molar-refractivity contribution < 1.29 is 4.79 Å². The van der Waals surface area contributed by atoms with Crippen molar-refractivity contribution in [2.45, 2.75) is 26.7 Å². The summed E-state index contributed by atoms with van der Waals surface area (Å²) in [6.45, 7) is 4.72. The maximum Gasteiger partial charge on any atom is 0.267 e. The molecule has 5 heteroatoms. The number of carbonyl (C=O) groups excluding carboxylic acids is 1. The molecule has 1 aromatic heterocycles. The minimum Gasteiger partial charge on any atom is -0.341 e. The van der Waals surface area contributed by atoms with Crippen LogP contribution >= 0.6 is 11.5 Å². The van der Waals surface area contributed by atoms with E-state index in [0.29, 0.717) is 4.88 Å². The van der Waals surface area contributed by atoms with Gasteiger partial charge in [0, 0.05) is 13.6 Å². The lowest BCUT2D eigenvalue weighted by Gasteiger charge is -2.15. The van der Waals surface area contributed by atoms with Crippen LogP contribution in [0.1, 0.15) is 35.1 Å². The zero-order chi connectivity index (χ0) is 10.6. The number of unbranched alkanes of at least 4 members (excludes halogenated alkanes) is 1. The molecule has 0 saturated carbocycles. The van der Waals surface area contributed by atoms with Crippen LogP contribution < -0.4 is 0 Å². The van der Waals surface area contributed by atoms with Gasteiger partial charge in [-0.2, -0.15) is 0 Å². The molecular formula is C9H15N3OS. The van der Waals surface area contributed by atoms with Crippen molar-refractivity contribution in [1.82, 2.24) is 14.5 Å². The van der Waals surface area contributed by atoms with Gasteiger partial charge in [0.15, 0.2) is 0 Å². The van der Waals surface area contributed by atoms with Crippen LogP contribution in [-0.4, -0.2) is 34.0 Å². The van der Waals surface area contributed by atoms with Crippen LogP contribution in [0.3, 0.4) is 0 Å². The van der Waals surface area contributed by atoms with Gasteiger partial charge >= 0.3 is 0 Å². The summed E-state index contributed by atoms with van der Waals surface area (Å²) in [5.41, 5.74) is 0.725. The van der Waals surface area contributed by atoms with Gasteiger partial charge in [-0.15, -0.1) is 5.10 Å². The monoisotopic (exact) mass is 213 g/mol. The summed E-state index contributed by atoms with van der Waals surface area (Å²) in [5, 5.41) is 3.82. The van der Waals surface area contributed by atoms with Gasteiger partial charge in [-0.1, -0.05) is 17.8 Å². The second-order valence-electron chi connectivity index (χ2n) is 3.27. The second-order valence-corrected chi connectivity index (χ2v) is 4.02. The summed E-state index contributed by atoms with van der Waals surface area (Å²) >= 11 is 1.17. The van der Waals surface area contributed by atoms with Crippen molar-refractivity contribution in [1.29, 1.82) is 0 Å². The van der Waals surface area contributed by atoms with Crippen LogP contribution in [0, 0.1) is 6.92 Å². The fourth-order valence-electron chi connectivity index (χ4n) is 1.10. The molecule has 1 rings (SSSR count). The molecule has 1 heterocycles. The molecule has 0 aliphatic carbocycles. The maximum absolute atomic E-state index is 11.8. The molecule has 0 bridgehead atoms. The van der Waals surface area contributed by atoms with Gasteiger partial charge in [-0.3, -0.25) is 4.79 Å². The van der Waals surface area contributed by atoms with E-state index in [0.717, 1.165) is 25.1 Å². The summed E-state index contributed by atoms with van der Waals surface area (Å²) in [7, 11) is 1.82.